The summed E-state index contributed by atoms with van der Waals surface area (Å²) in [6.45, 7) is 10.1. The van der Waals surface area contributed by atoms with E-state index in [1.165, 1.54) is 5.01 Å². The Balaban J connectivity index is 1.92. The maximum absolute atomic E-state index is 11.9. The average Bonchev–Trinajstić information content (AvgIpc) is 1.93. The Morgan fingerprint density at radius 3 is 2.12 bits per heavy atom. The molecule has 0 unspecified atom stereocenters. The minimum Gasteiger partial charge on any atom is -0.443 e. The van der Waals surface area contributed by atoms with E-state index in [1.54, 1.807) is 0 Å². The van der Waals surface area contributed by atoms with Crippen LogP contribution in [-0.4, -0.2) is 22.2 Å². The lowest BCUT2D eigenvalue weighted by Crippen LogP contribution is -2.78. The van der Waals surface area contributed by atoms with Gasteiger partial charge in [0.05, 0.1) is 5.54 Å². The van der Waals surface area contributed by atoms with E-state index in [0.29, 0.717) is 11.3 Å². The number of carbonyl (C=O) groups is 1. The molecule has 3 aliphatic rings. The second kappa shape index (κ2) is 3.37. The average molecular weight is 240 g/mol. The fraction of sp³-hybridized carbons (Fsp3) is 0.923. The molecule has 3 saturated carbocycles. The van der Waals surface area contributed by atoms with Gasteiger partial charge < -0.3 is 4.74 Å². The molecule has 3 aliphatic carbocycles. The highest BCUT2D eigenvalue weighted by Crippen LogP contribution is 2.72. The lowest BCUT2D eigenvalue weighted by atomic mass is 9.36. The number of hydrazine groups is 1. The zero-order chi connectivity index (χ0) is 13.1. The molecule has 1 amide bonds. The van der Waals surface area contributed by atoms with Crippen molar-refractivity contribution in [3.8, 4) is 0 Å². The van der Waals surface area contributed by atoms with Crippen molar-refractivity contribution in [2.24, 2.45) is 17.2 Å². The molecule has 4 nitrogen and oxygen atoms in total. The third-order valence-electron chi connectivity index (χ3n) is 4.37. The fourth-order valence-electron chi connectivity index (χ4n) is 3.18. The largest absolute Gasteiger partial charge is 0.443 e. The molecule has 2 bridgehead atoms. The molecular formula is C13H24N2O2. The quantitative estimate of drug-likeness (QED) is 0.458. The summed E-state index contributed by atoms with van der Waals surface area (Å²) in [6.07, 6.45) is 2.71. The minimum atomic E-state index is -0.478. The van der Waals surface area contributed by atoms with Crippen LogP contribution in [0.4, 0.5) is 4.79 Å². The monoisotopic (exact) mass is 240 g/mol. The molecule has 0 radical (unpaired) electrons. The van der Waals surface area contributed by atoms with Crippen molar-refractivity contribution in [2.75, 3.05) is 0 Å². The van der Waals surface area contributed by atoms with Crippen LogP contribution in [0, 0.1) is 11.3 Å². The summed E-state index contributed by atoms with van der Waals surface area (Å²) >= 11 is 0. The highest BCUT2D eigenvalue weighted by molar-refractivity contribution is 5.69. The summed E-state index contributed by atoms with van der Waals surface area (Å²) in [5.41, 5.74) is -0.139. The first-order valence-electron chi connectivity index (χ1n) is 6.38. The zero-order valence-corrected chi connectivity index (χ0v) is 11.5. The molecule has 0 saturated heterocycles. The van der Waals surface area contributed by atoms with E-state index in [2.05, 4.69) is 13.8 Å². The second-order valence-electron chi connectivity index (χ2n) is 7.12. The highest BCUT2D eigenvalue weighted by atomic mass is 16.6. The number of nitrogens with zero attached hydrogens (tertiary/aromatic N) is 1. The highest BCUT2D eigenvalue weighted by Gasteiger charge is 2.72. The Labute approximate surface area is 103 Å². The molecule has 17 heavy (non-hydrogen) atoms. The number of carbonyl (C=O) groups excluding carboxylic acids is 1. The maximum Gasteiger partial charge on any atom is 0.425 e. The smallest absolute Gasteiger partial charge is 0.425 e. The van der Waals surface area contributed by atoms with Gasteiger partial charge >= 0.3 is 6.09 Å². The Bertz CT molecular complexity index is 324. The van der Waals surface area contributed by atoms with Crippen LogP contribution in [-0.2, 0) is 4.74 Å². The van der Waals surface area contributed by atoms with Crippen molar-refractivity contribution in [1.29, 1.82) is 0 Å². The lowest BCUT2D eigenvalue weighted by Gasteiger charge is -2.74. The first-order chi connectivity index (χ1) is 7.60. The predicted molar refractivity (Wildman–Crippen MR) is 66.1 cm³/mol. The van der Waals surface area contributed by atoms with Crippen LogP contribution in [0.15, 0.2) is 0 Å². The summed E-state index contributed by atoms with van der Waals surface area (Å²) in [5.74, 6) is 6.60. The normalized spacial score (nSPS) is 35.0. The van der Waals surface area contributed by atoms with E-state index in [1.807, 2.05) is 20.8 Å². The zero-order valence-electron chi connectivity index (χ0n) is 11.5. The number of hydrogen-bond acceptors (Lipinski definition) is 3. The molecule has 3 rings (SSSR count). The summed E-state index contributed by atoms with van der Waals surface area (Å²) in [4.78, 5) is 11.9. The predicted octanol–water partition coefficient (Wildman–Crippen LogP) is 2.68. The summed E-state index contributed by atoms with van der Waals surface area (Å²) in [7, 11) is 0. The van der Waals surface area contributed by atoms with Gasteiger partial charge in [-0.05, 0) is 51.4 Å². The number of rotatable bonds is 2. The molecule has 0 aromatic heterocycles. The number of amides is 1. The lowest BCUT2D eigenvalue weighted by molar-refractivity contribution is -0.234. The van der Waals surface area contributed by atoms with Crippen LogP contribution < -0.4 is 5.84 Å². The number of hydrogen-bond donors (Lipinski definition) is 1. The second-order valence-corrected chi connectivity index (χ2v) is 7.12. The van der Waals surface area contributed by atoms with Gasteiger partial charge in [-0.15, -0.1) is 0 Å². The van der Waals surface area contributed by atoms with Crippen molar-refractivity contribution < 1.29 is 9.53 Å². The van der Waals surface area contributed by atoms with E-state index in [9.17, 15) is 4.79 Å². The van der Waals surface area contributed by atoms with E-state index in [4.69, 9.17) is 10.6 Å². The van der Waals surface area contributed by atoms with Gasteiger partial charge in [-0.3, -0.25) is 0 Å². The van der Waals surface area contributed by atoms with Crippen molar-refractivity contribution >= 4 is 6.09 Å². The van der Waals surface area contributed by atoms with Crippen LogP contribution in [0.3, 0.4) is 0 Å². The van der Waals surface area contributed by atoms with Crippen LogP contribution in [0.25, 0.3) is 0 Å². The molecule has 0 aliphatic heterocycles. The maximum atomic E-state index is 11.9. The minimum absolute atomic E-state index is 0.105. The summed E-state index contributed by atoms with van der Waals surface area (Å²) < 4.78 is 5.30. The molecule has 0 atom stereocenters. The van der Waals surface area contributed by atoms with Gasteiger partial charge in [0, 0.05) is 0 Å². The van der Waals surface area contributed by atoms with E-state index in [-0.39, 0.29) is 5.54 Å². The van der Waals surface area contributed by atoms with Crippen LogP contribution >= 0.6 is 0 Å². The van der Waals surface area contributed by atoms with Crippen LogP contribution in [0.1, 0.15) is 53.9 Å². The van der Waals surface area contributed by atoms with E-state index < -0.39 is 11.7 Å². The number of ether oxygens (including phenoxy) is 1. The van der Waals surface area contributed by atoms with Gasteiger partial charge in [-0.2, -0.15) is 0 Å². The van der Waals surface area contributed by atoms with Crippen LogP contribution in [0.5, 0.6) is 0 Å². The van der Waals surface area contributed by atoms with Crippen molar-refractivity contribution in [2.45, 2.75) is 65.0 Å². The Hall–Kier alpha value is -0.770. The first kappa shape index (κ1) is 12.7. The Morgan fingerprint density at radius 2 is 1.76 bits per heavy atom. The molecule has 0 spiro atoms. The van der Waals surface area contributed by atoms with Gasteiger partial charge in [-0.25, -0.2) is 15.6 Å². The molecule has 98 valence electrons. The topological polar surface area (TPSA) is 55.6 Å². The standard InChI is InChI=1S/C13H24N2O2/c1-9(2)12-6-13(7-12,8-12)15(14)10(16)17-11(3,4)5/h9H,6-8,14H2,1-5H3. The number of nitrogens with two attached hydrogens (primary N) is 1. The molecular weight excluding hydrogens is 216 g/mol. The third kappa shape index (κ3) is 1.82. The third-order valence-corrected chi connectivity index (χ3v) is 4.37. The van der Waals surface area contributed by atoms with Gasteiger partial charge in [0.2, 0.25) is 0 Å². The Kier molecular flexibility index (Phi) is 2.52. The summed E-state index contributed by atoms with van der Waals surface area (Å²) in [5, 5.41) is 1.34. The molecule has 0 aromatic rings. The van der Waals surface area contributed by atoms with Crippen molar-refractivity contribution in [3.63, 3.8) is 0 Å². The molecule has 4 heteroatoms. The van der Waals surface area contributed by atoms with Crippen molar-refractivity contribution in [3.05, 3.63) is 0 Å². The summed E-state index contributed by atoms with van der Waals surface area (Å²) in [6, 6.07) is 0. The molecule has 3 fully saturated rings. The van der Waals surface area contributed by atoms with Crippen molar-refractivity contribution in [1.82, 2.24) is 5.01 Å². The van der Waals surface area contributed by atoms with Crippen LogP contribution in [0.2, 0.25) is 0 Å². The first-order valence-corrected chi connectivity index (χ1v) is 6.38. The Morgan fingerprint density at radius 1 is 1.29 bits per heavy atom. The van der Waals surface area contributed by atoms with Gasteiger partial charge in [0.25, 0.3) is 0 Å². The van der Waals surface area contributed by atoms with Gasteiger partial charge in [0.15, 0.2) is 0 Å². The van der Waals surface area contributed by atoms with Gasteiger partial charge in [0.1, 0.15) is 5.60 Å². The van der Waals surface area contributed by atoms with E-state index in [0.717, 1.165) is 19.3 Å². The molecule has 2 N–H and O–H groups in total. The molecule has 0 heterocycles. The molecule has 0 aromatic carbocycles. The van der Waals surface area contributed by atoms with E-state index >= 15 is 0 Å². The SMILES string of the molecule is CC(C)C12CC(N(N)C(=O)OC(C)(C)C)(C1)C2. The fourth-order valence-corrected chi connectivity index (χ4v) is 3.18. The van der Waals surface area contributed by atoms with Gasteiger partial charge in [-0.1, -0.05) is 13.8 Å².